The van der Waals surface area contributed by atoms with Crippen molar-refractivity contribution in [3.05, 3.63) is 40.2 Å². The van der Waals surface area contributed by atoms with Gasteiger partial charge < -0.3 is 10.3 Å². The standard InChI is InChI=1S/C13H10ClN3OS/c1-7-6-9(11(15)19-7)13-16-12(17-18-13)8-4-2-3-5-10(8)14/h2-6H,15H2,1H3. The van der Waals surface area contributed by atoms with Gasteiger partial charge in [0.2, 0.25) is 5.82 Å². The number of hydrogen-bond donors (Lipinski definition) is 1. The van der Waals surface area contributed by atoms with Crippen LogP contribution in [0.15, 0.2) is 34.9 Å². The zero-order valence-corrected chi connectivity index (χ0v) is 11.6. The maximum Gasteiger partial charge on any atom is 0.261 e. The summed E-state index contributed by atoms with van der Waals surface area (Å²) in [5, 5.41) is 5.21. The van der Waals surface area contributed by atoms with Crippen molar-refractivity contribution in [2.75, 3.05) is 5.73 Å². The quantitative estimate of drug-likeness (QED) is 0.775. The number of nitrogens with two attached hydrogens (primary N) is 1. The third-order valence-corrected chi connectivity index (χ3v) is 3.86. The summed E-state index contributed by atoms with van der Waals surface area (Å²) >= 11 is 7.60. The van der Waals surface area contributed by atoms with Gasteiger partial charge in [0, 0.05) is 10.4 Å². The second-order valence-electron chi connectivity index (χ2n) is 4.04. The van der Waals surface area contributed by atoms with Crippen LogP contribution in [-0.2, 0) is 0 Å². The Morgan fingerprint density at radius 3 is 2.74 bits per heavy atom. The van der Waals surface area contributed by atoms with Crippen molar-refractivity contribution in [3.8, 4) is 22.8 Å². The topological polar surface area (TPSA) is 64.9 Å². The zero-order chi connectivity index (χ0) is 13.4. The van der Waals surface area contributed by atoms with E-state index in [1.807, 2.05) is 31.2 Å². The molecule has 96 valence electrons. The van der Waals surface area contributed by atoms with Gasteiger partial charge in [0.15, 0.2) is 0 Å². The molecular formula is C13H10ClN3OS. The fraction of sp³-hybridized carbons (Fsp3) is 0.0769. The van der Waals surface area contributed by atoms with E-state index in [1.54, 1.807) is 6.07 Å². The van der Waals surface area contributed by atoms with Gasteiger partial charge >= 0.3 is 0 Å². The summed E-state index contributed by atoms with van der Waals surface area (Å²) in [5.74, 6) is 0.876. The Morgan fingerprint density at radius 1 is 1.26 bits per heavy atom. The van der Waals surface area contributed by atoms with Crippen LogP contribution in [0, 0.1) is 6.92 Å². The summed E-state index contributed by atoms with van der Waals surface area (Å²) in [6.07, 6.45) is 0. The van der Waals surface area contributed by atoms with Crippen LogP contribution in [-0.4, -0.2) is 10.1 Å². The van der Waals surface area contributed by atoms with Gasteiger partial charge in [-0.3, -0.25) is 0 Å². The summed E-state index contributed by atoms with van der Waals surface area (Å²) in [6.45, 7) is 1.98. The summed E-state index contributed by atoms with van der Waals surface area (Å²) in [5.41, 5.74) is 7.43. The number of thiophene rings is 1. The van der Waals surface area contributed by atoms with Crippen LogP contribution in [0.2, 0.25) is 5.02 Å². The highest BCUT2D eigenvalue weighted by Gasteiger charge is 2.16. The van der Waals surface area contributed by atoms with Gasteiger partial charge in [-0.05, 0) is 25.1 Å². The molecule has 4 nitrogen and oxygen atoms in total. The fourth-order valence-corrected chi connectivity index (χ4v) is 2.78. The molecule has 2 heterocycles. The Balaban J connectivity index is 2.05. The van der Waals surface area contributed by atoms with E-state index in [9.17, 15) is 0 Å². The predicted molar refractivity (Wildman–Crippen MR) is 77.2 cm³/mol. The van der Waals surface area contributed by atoms with Crippen LogP contribution < -0.4 is 5.73 Å². The average Bonchev–Trinajstić information content (AvgIpc) is 2.96. The van der Waals surface area contributed by atoms with Gasteiger partial charge in [-0.15, -0.1) is 11.3 Å². The number of halogens is 1. The summed E-state index contributed by atoms with van der Waals surface area (Å²) < 4.78 is 5.26. The van der Waals surface area contributed by atoms with Crippen molar-refractivity contribution in [2.45, 2.75) is 6.92 Å². The third-order valence-electron chi connectivity index (χ3n) is 2.66. The first kappa shape index (κ1) is 12.2. The molecule has 0 bridgehead atoms. The van der Waals surface area contributed by atoms with Gasteiger partial charge in [0.25, 0.3) is 5.89 Å². The van der Waals surface area contributed by atoms with Crippen molar-refractivity contribution >= 4 is 27.9 Å². The average molecular weight is 292 g/mol. The number of nitrogens with zero attached hydrogens (tertiary/aromatic N) is 2. The van der Waals surface area contributed by atoms with Crippen LogP contribution in [0.5, 0.6) is 0 Å². The largest absolute Gasteiger partial charge is 0.390 e. The maximum absolute atomic E-state index is 6.11. The zero-order valence-electron chi connectivity index (χ0n) is 10.1. The number of hydrogen-bond acceptors (Lipinski definition) is 5. The molecule has 3 rings (SSSR count). The third kappa shape index (κ3) is 2.22. The Bertz CT molecular complexity index is 735. The molecule has 0 aliphatic rings. The number of anilines is 1. The van der Waals surface area contributed by atoms with Crippen LogP contribution in [0.25, 0.3) is 22.8 Å². The smallest absolute Gasteiger partial charge is 0.261 e. The molecular weight excluding hydrogens is 282 g/mol. The lowest BCUT2D eigenvalue weighted by molar-refractivity contribution is 0.432. The van der Waals surface area contributed by atoms with Crippen molar-refractivity contribution in [1.82, 2.24) is 10.1 Å². The van der Waals surface area contributed by atoms with E-state index < -0.39 is 0 Å². The van der Waals surface area contributed by atoms with E-state index in [0.29, 0.717) is 21.7 Å². The van der Waals surface area contributed by atoms with E-state index in [0.717, 1.165) is 16.0 Å². The lowest BCUT2D eigenvalue weighted by Gasteiger charge is -1.95. The second kappa shape index (κ2) is 4.68. The van der Waals surface area contributed by atoms with Gasteiger partial charge in [-0.25, -0.2) is 0 Å². The van der Waals surface area contributed by atoms with Gasteiger partial charge in [0.05, 0.1) is 15.6 Å². The normalized spacial score (nSPS) is 10.8. The van der Waals surface area contributed by atoms with E-state index in [1.165, 1.54) is 11.3 Å². The van der Waals surface area contributed by atoms with E-state index >= 15 is 0 Å². The second-order valence-corrected chi connectivity index (χ2v) is 5.73. The van der Waals surface area contributed by atoms with E-state index in [2.05, 4.69) is 10.1 Å². The highest BCUT2D eigenvalue weighted by molar-refractivity contribution is 7.16. The Kier molecular flexibility index (Phi) is 3.00. The number of benzene rings is 1. The van der Waals surface area contributed by atoms with Crippen molar-refractivity contribution in [3.63, 3.8) is 0 Å². The Morgan fingerprint density at radius 2 is 2.05 bits per heavy atom. The fourth-order valence-electron chi connectivity index (χ4n) is 1.78. The lowest BCUT2D eigenvalue weighted by Crippen LogP contribution is -1.84. The van der Waals surface area contributed by atoms with Crippen LogP contribution in [0.1, 0.15) is 4.88 Å². The van der Waals surface area contributed by atoms with Crippen molar-refractivity contribution < 1.29 is 4.52 Å². The molecule has 0 saturated heterocycles. The minimum absolute atomic E-state index is 0.414. The Hall–Kier alpha value is -1.85. The molecule has 0 aliphatic carbocycles. The number of aromatic nitrogens is 2. The van der Waals surface area contributed by atoms with Crippen molar-refractivity contribution in [1.29, 1.82) is 0 Å². The van der Waals surface area contributed by atoms with E-state index in [-0.39, 0.29) is 0 Å². The van der Waals surface area contributed by atoms with Gasteiger partial charge in [-0.1, -0.05) is 28.9 Å². The van der Waals surface area contributed by atoms with E-state index in [4.69, 9.17) is 21.9 Å². The van der Waals surface area contributed by atoms with Crippen LogP contribution >= 0.6 is 22.9 Å². The number of rotatable bonds is 2. The summed E-state index contributed by atoms with van der Waals surface area (Å²) in [7, 11) is 0. The monoisotopic (exact) mass is 291 g/mol. The van der Waals surface area contributed by atoms with Gasteiger partial charge in [-0.2, -0.15) is 4.98 Å². The molecule has 0 fully saturated rings. The molecule has 0 spiro atoms. The highest BCUT2D eigenvalue weighted by Crippen LogP contribution is 2.34. The Labute approximate surface area is 118 Å². The van der Waals surface area contributed by atoms with Crippen LogP contribution in [0.3, 0.4) is 0 Å². The van der Waals surface area contributed by atoms with Gasteiger partial charge in [0.1, 0.15) is 0 Å². The molecule has 0 radical (unpaired) electrons. The molecule has 6 heteroatoms. The molecule has 0 atom stereocenters. The molecule has 0 unspecified atom stereocenters. The molecule has 2 aromatic heterocycles. The molecule has 0 amide bonds. The summed E-state index contributed by atoms with van der Waals surface area (Å²) in [4.78, 5) is 5.45. The summed E-state index contributed by atoms with van der Waals surface area (Å²) in [6, 6.07) is 9.30. The molecule has 0 aliphatic heterocycles. The first-order valence-electron chi connectivity index (χ1n) is 5.60. The lowest BCUT2D eigenvalue weighted by atomic mass is 10.2. The van der Waals surface area contributed by atoms with Crippen LogP contribution in [0.4, 0.5) is 5.00 Å². The SMILES string of the molecule is Cc1cc(-c2nc(-c3ccccc3Cl)no2)c(N)s1. The minimum atomic E-state index is 0.414. The maximum atomic E-state index is 6.11. The highest BCUT2D eigenvalue weighted by atomic mass is 35.5. The first-order valence-corrected chi connectivity index (χ1v) is 6.79. The predicted octanol–water partition coefficient (Wildman–Crippen LogP) is 4.01. The molecule has 0 saturated carbocycles. The first-order chi connectivity index (χ1) is 9.15. The number of aryl methyl sites for hydroxylation is 1. The molecule has 2 N–H and O–H groups in total. The molecule has 1 aromatic carbocycles. The molecule has 19 heavy (non-hydrogen) atoms. The van der Waals surface area contributed by atoms with Crippen molar-refractivity contribution in [2.24, 2.45) is 0 Å². The minimum Gasteiger partial charge on any atom is -0.390 e. The number of nitrogen functional groups attached to an aromatic ring is 1. The molecule has 3 aromatic rings.